The fraction of sp³-hybridized carbons (Fsp3) is 0.308. The van der Waals surface area contributed by atoms with Gasteiger partial charge in [-0.25, -0.2) is 14.0 Å². The Morgan fingerprint density at radius 1 is 1.29 bits per heavy atom. The topological polar surface area (TPSA) is 98.7 Å². The monoisotopic (exact) mass is 297 g/mol. The number of aromatic carboxylic acids is 1. The molecule has 1 aromatic carbocycles. The van der Waals surface area contributed by atoms with E-state index in [4.69, 9.17) is 5.11 Å². The van der Waals surface area contributed by atoms with Crippen LogP contribution in [0.3, 0.4) is 0 Å². The van der Waals surface area contributed by atoms with Crippen LogP contribution in [0.15, 0.2) is 18.2 Å². The van der Waals surface area contributed by atoms with Crippen molar-refractivity contribution in [3.63, 3.8) is 0 Å². The Labute approximate surface area is 120 Å². The average molecular weight is 297 g/mol. The lowest BCUT2D eigenvalue weighted by Crippen LogP contribution is -2.45. The van der Waals surface area contributed by atoms with Gasteiger partial charge in [0, 0.05) is 14.1 Å². The molecule has 0 heterocycles. The van der Waals surface area contributed by atoms with Gasteiger partial charge in [-0.3, -0.25) is 4.79 Å². The van der Waals surface area contributed by atoms with E-state index in [9.17, 15) is 18.8 Å². The van der Waals surface area contributed by atoms with Crippen LogP contribution in [0.1, 0.15) is 17.3 Å². The third-order valence-corrected chi connectivity index (χ3v) is 2.62. The van der Waals surface area contributed by atoms with E-state index in [-0.39, 0.29) is 17.2 Å². The Kier molecular flexibility index (Phi) is 5.23. The van der Waals surface area contributed by atoms with E-state index in [0.717, 1.165) is 18.2 Å². The fourth-order valence-corrected chi connectivity index (χ4v) is 1.55. The summed E-state index contributed by atoms with van der Waals surface area (Å²) < 4.78 is 13.6. The van der Waals surface area contributed by atoms with E-state index in [1.165, 1.54) is 11.8 Å². The molecule has 0 saturated carbocycles. The highest BCUT2D eigenvalue weighted by atomic mass is 19.1. The smallest absolute Gasteiger partial charge is 0.335 e. The summed E-state index contributed by atoms with van der Waals surface area (Å²) in [5.41, 5.74) is -0.406. The minimum Gasteiger partial charge on any atom is -0.478 e. The Morgan fingerprint density at radius 3 is 2.38 bits per heavy atom. The first-order valence-corrected chi connectivity index (χ1v) is 6.04. The number of carbonyl (C=O) groups excluding carboxylic acids is 2. The van der Waals surface area contributed by atoms with E-state index in [1.807, 2.05) is 0 Å². The van der Waals surface area contributed by atoms with Crippen LogP contribution in [0.2, 0.25) is 0 Å². The Balaban J connectivity index is 2.71. The molecule has 21 heavy (non-hydrogen) atoms. The number of urea groups is 1. The highest BCUT2D eigenvalue weighted by Gasteiger charge is 2.18. The molecule has 114 valence electrons. The normalized spacial score (nSPS) is 11.4. The summed E-state index contributed by atoms with van der Waals surface area (Å²) in [6.45, 7) is 1.49. The Bertz CT molecular complexity index is 575. The summed E-state index contributed by atoms with van der Waals surface area (Å²) in [5.74, 6) is -2.46. The van der Waals surface area contributed by atoms with Crippen LogP contribution >= 0.6 is 0 Å². The third kappa shape index (κ3) is 4.44. The van der Waals surface area contributed by atoms with Crippen molar-refractivity contribution < 1.29 is 23.9 Å². The maximum atomic E-state index is 13.6. The molecule has 1 unspecified atom stereocenters. The van der Waals surface area contributed by atoms with Crippen molar-refractivity contribution >= 4 is 23.6 Å². The maximum absolute atomic E-state index is 13.6. The number of rotatable bonds is 4. The van der Waals surface area contributed by atoms with Gasteiger partial charge in [-0.05, 0) is 25.1 Å². The maximum Gasteiger partial charge on any atom is 0.335 e. The number of nitrogens with one attached hydrogen (secondary N) is 2. The lowest BCUT2D eigenvalue weighted by molar-refractivity contribution is -0.130. The van der Waals surface area contributed by atoms with Crippen molar-refractivity contribution in [3.8, 4) is 0 Å². The minimum absolute atomic E-state index is 0.179. The molecule has 3 N–H and O–H groups in total. The molecule has 1 rings (SSSR count). The molecule has 3 amide bonds. The molecule has 0 bridgehead atoms. The average Bonchev–Trinajstić information content (AvgIpc) is 2.39. The summed E-state index contributed by atoms with van der Waals surface area (Å²) >= 11 is 0. The lowest BCUT2D eigenvalue weighted by atomic mass is 10.2. The molecule has 0 fully saturated rings. The lowest BCUT2D eigenvalue weighted by Gasteiger charge is -2.18. The SMILES string of the molecule is CC(NC(=O)Nc1ccc(C(=O)O)cc1F)C(=O)N(C)C. The molecule has 1 atom stereocenters. The molecule has 0 aliphatic rings. The van der Waals surface area contributed by atoms with E-state index in [1.54, 1.807) is 14.1 Å². The number of likely N-dealkylation sites (N-methyl/N-ethyl adjacent to an activating group) is 1. The van der Waals surface area contributed by atoms with Crippen molar-refractivity contribution in [2.75, 3.05) is 19.4 Å². The number of carboxylic acids is 1. The van der Waals surface area contributed by atoms with Gasteiger partial charge in [0.1, 0.15) is 11.9 Å². The van der Waals surface area contributed by atoms with E-state index >= 15 is 0 Å². The third-order valence-electron chi connectivity index (χ3n) is 2.62. The molecular formula is C13H16FN3O4. The van der Waals surface area contributed by atoms with Crippen LogP contribution in [0, 0.1) is 5.82 Å². The van der Waals surface area contributed by atoms with Crippen molar-refractivity contribution in [1.82, 2.24) is 10.2 Å². The molecule has 0 aromatic heterocycles. The quantitative estimate of drug-likeness (QED) is 0.775. The molecule has 7 nitrogen and oxygen atoms in total. The number of anilines is 1. The van der Waals surface area contributed by atoms with Gasteiger partial charge in [0.05, 0.1) is 11.3 Å². The molecule has 0 aliphatic heterocycles. The number of hydrogen-bond acceptors (Lipinski definition) is 3. The second-order valence-electron chi connectivity index (χ2n) is 4.55. The predicted octanol–water partition coefficient (Wildman–Crippen LogP) is 1.12. The first kappa shape index (κ1) is 16.4. The highest BCUT2D eigenvalue weighted by Crippen LogP contribution is 2.15. The largest absolute Gasteiger partial charge is 0.478 e. The molecule has 0 aliphatic carbocycles. The fourth-order valence-electron chi connectivity index (χ4n) is 1.55. The summed E-state index contributed by atoms with van der Waals surface area (Å²) in [4.78, 5) is 35.2. The first-order valence-electron chi connectivity index (χ1n) is 6.04. The van der Waals surface area contributed by atoms with Gasteiger partial charge >= 0.3 is 12.0 Å². The van der Waals surface area contributed by atoms with Crippen LogP contribution < -0.4 is 10.6 Å². The molecular weight excluding hydrogens is 281 g/mol. The zero-order chi connectivity index (χ0) is 16.2. The van der Waals surface area contributed by atoms with E-state index in [2.05, 4.69) is 10.6 Å². The van der Waals surface area contributed by atoms with Crippen LogP contribution in [-0.2, 0) is 4.79 Å². The number of carboxylic acid groups (broad SMARTS) is 1. The molecule has 0 radical (unpaired) electrons. The zero-order valence-corrected chi connectivity index (χ0v) is 11.8. The predicted molar refractivity (Wildman–Crippen MR) is 73.7 cm³/mol. The summed E-state index contributed by atoms with van der Waals surface area (Å²) in [5, 5.41) is 13.3. The zero-order valence-electron chi connectivity index (χ0n) is 11.8. The molecule has 1 aromatic rings. The Hall–Kier alpha value is -2.64. The second-order valence-corrected chi connectivity index (χ2v) is 4.55. The number of nitrogens with zero attached hydrogens (tertiary/aromatic N) is 1. The second kappa shape index (κ2) is 6.69. The van der Waals surface area contributed by atoms with Gasteiger partial charge in [-0.1, -0.05) is 0 Å². The van der Waals surface area contributed by atoms with Crippen molar-refractivity contribution in [1.29, 1.82) is 0 Å². The van der Waals surface area contributed by atoms with Crippen LogP contribution in [0.25, 0.3) is 0 Å². The first-order chi connectivity index (χ1) is 9.72. The van der Waals surface area contributed by atoms with Gasteiger partial charge in [-0.2, -0.15) is 0 Å². The summed E-state index contributed by atoms with van der Waals surface area (Å²) in [7, 11) is 3.09. The number of carbonyl (C=O) groups is 3. The standard InChI is InChI=1S/C13H16FN3O4/c1-7(11(18)17(2)3)15-13(21)16-10-5-4-8(12(19)20)6-9(10)14/h4-7H,1-3H3,(H,19,20)(H2,15,16,21). The number of amides is 3. The number of benzene rings is 1. The van der Waals surface area contributed by atoms with Crippen molar-refractivity contribution in [2.45, 2.75) is 13.0 Å². The summed E-state index contributed by atoms with van der Waals surface area (Å²) in [6, 6.07) is 1.56. The number of hydrogen-bond donors (Lipinski definition) is 3. The molecule has 0 spiro atoms. The summed E-state index contributed by atoms with van der Waals surface area (Å²) in [6.07, 6.45) is 0. The molecule has 0 saturated heterocycles. The van der Waals surface area contributed by atoms with Crippen molar-refractivity contribution in [2.24, 2.45) is 0 Å². The van der Waals surface area contributed by atoms with Gasteiger partial charge in [0.15, 0.2) is 0 Å². The van der Waals surface area contributed by atoms with Gasteiger partial charge in [0.2, 0.25) is 5.91 Å². The Morgan fingerprint density at radius 2 is 1.90 bits per heavy atom. The number of halogens is 1. The van der Waals surface area contributed by atoms with E-state index < -0.39 is 23.9 Å². The highest BCUT2D eigenvalue weighted by molar-refractivity contribution is 5.94. The van der Waals surface area contributed by atoms with Gasteiger partial charge in [-0.15, -0.1) is 0 Å². The van der Waals surface area contributed by atoms with Crippen LogP contribution in [-0.4, -0.2) is 48.1 Å². The van der Waals surface area contributed by atoms with Gasteiger partial charge < -0.3 is 20.6 Å². The minimum atomic E-state index is -1.27. The van der Waals surface area contributed by atoms with Crippen LogP contribution in [0.4, 0.5) is 14.9 Å². The molecule has 8 heteroatoms. The van der Waals surface area contributed by atoms with Crippen molar-refractivity contribution in [3.05, 3.63) is 29.6 Å². The van der Waals surface area contributed by atoms with Gasteiger partial charge in [0.25, 0.3) is 0 Å². The van der Waals surface area contributed by atoms with Crippen LogP contribution in [0.5, 0.6) is 0 Å². The van der Waals surface area contributed by atoms with E-state index in [0.29, 0.717) is 0 Å².